The summed E-state index contributed by atoms with van der Waals surface area (Å²) in [4.78, 5) is 20.1. The Morgan fingerprint density at radius 3 is 2.55 bits per heavy atom. The van der Waals surface area contributed by atoms with Gasteiger partial charge in [-0.15, -0.1) is 0 Å². The van der Waals surface area contributed by atoms with E-state index in [4.69, 9.17) is 4.74 Å². The van der Waals surface area contributed by atoms with Crippen molar-refractivity contribution in [1.82, 2.24) is 9.88 Å². The summed E-state index contributed by atoms with van der Waals surface area (Å²) in [6.45, 7) is 8.04. The molecule has 1 amide bonds. The number of amides is 1. The van der Waals surface area contributed by atoms with E-state index in [9.17, 15) is 9.90 Å². The maximum Gasteiger partial charge on any atom is 0.410 e. The van der Waals surface area contributed by atoms with Crippen LogP contribution in [0.4, 0.5) is 10.5 Å². The summed E-state index contributed by atoms with van der Waals surface area (Å²) in [5.74, 6) is 0. The van der Waals surface area contributed by atoms with Crippen LogP contribution in [-0.2, 0) is 11.3 Å². The smallest absolute Gasteiger partial charge is 0.410 e. The third-order valence-corrected chi connectivity index (χ3v) is 3.77. The van der Waals surface area contributed by atoms with Crippen molar-refractivity contribution in [2.45, 2.75) is 33.0 Å². The zero-order chi connectivity index (χ0) is 16.3. The Labute approximate surface area is 139 Å². The lowest BCUT2D eigenvalue weighted by Crippen LogP contribution is -2.50. The Hall–Kier alpha value is -1.34. The molecule has 0 aromatic carbocycles. The summed E-state index contributed by atoms with van der Waals surface area (Å²) in [6, 6.07) is 1.95. The molecule has 1 aliphatic rings. The van der Waals surface area contributed by atoms with E-state index in [-0.39, 0.29) is 12.7 Å². The Bertz CT molecular complexity index is 537. The number of ether oxygens (including phenoxy) is 1. The number of anilines is 1. The van der Waals surface area contributed by atoms with Gasteiger partial charge < -0.3 is 19.6 Å². The lowest BCUT2D eigenvalue weighted by Gasteiger charge is -2.37. The molecular weight excluding hydrogens is 350 g/mol. The molecule has 6 nitrogen and oxygen atoms in total. The molecule has 1 N–H and O–H groups in total. The van der Waals surface area contributed by atoms with Gasteiger partial charge >= 0.3 is 6.09 Å². The van der Waals surface area contributed by atoms with Crippen LogP contribution in [0.5, 0.6) is 0 Å². The molecule has 2 rings (SSSR count). The van der Waals surface area contributed by atoms with Crippen molar-refractivity contribution in [3.63, 3.8) is 0 Å². The number of nitrogens with zero attached hydrogens (tertiary/aromatic N) is 3. The maximum atomic E-state index is 12.1. The highest BCUT2D eigenvalue weighted by molar-refractivity contribution is 9.10. The van der Waals surface area contributed by atoms with Gasteiger partial charge in [0.05, 0.1) is 18.0 Å². The van der Waals surface area contributed by atoms with Gasteiger partial charge in [0.2, 0.25) is 0 Å². The molecular formula is C15H22BrN3O3. The van der Waals surface area contributed by atoms with Crippen LogP contribution in [0.3, 0.4) is 0 Å². The number of carbonyl (C=O) groups is 1. The topological polar surface area (TPSA) is 65.9 Å². The van der Waals surface area contributed by atoms with Crippen LogP contribution < -0.4 is 4.90 Å². The van der Waals surface area contributed by atoms with Crippen LogP contribution in [-0.4, -0.2) is 52.9 Å². The van der Waals surface area contributed by atoms with E-state index < -0.39 is 5.60 Å². The zero-order valence-corrected chi connectivity index (χ0v) is 14.8. The van der Waals surface area contributed by atoms with Crippen molar-refractivity contribution < 1.29 is 14.6 Å². The first-order valence-electron chi connectivity index (χ1n) is 7.28. The standard InChI is InChI=1S/C15H22BrN3O3/c1-15(2,3)22-14(21)19-6-4-18(5-7-19)13-8-11(16)9-17-12(13)10-20/h8-9,20H,4-7,10H2,1-3H3. The minimum absolute atomic E-state index is 0.102. The van der Waals surface area contributed by atoms with Gasteiger partial charge in [-0.2, -0.15) is 0 Å². The molecule has 0 bridgehead atoms. The van der Waals surface area contributed by atoms with Gasteiger partial charge in [0.15, 0.2) is 0 Å². The molecule has 0 saturated carbocycles. The Morgan fingerprint density at radius 1 is 1.36 bits per heavy atom. The first kappa shape index (κ1) is 17.0. The van der Waals surface area contributed by atoms with E-state index in [0.29, 0.717) is 31.9 Å². The number of aromatic nitrogens is 1. The molecule has 7 heteroatoms. The number of carbonyl (C=O) groups excluding carboxylic acids is 1. The number of hydrogen-bond acceptors (Lipinski definition) is 5. The van der Waals surface area contributed by atoms with Gasteiger partial charge in [-0.05, 0) is 42.8 Å². The van der Waals surface area contributed by atoms with E-state index in [0.717, 1.165) is 10.2 Å². The SMILES string of the molecule is CC(C)(C)OC(=O)N1CCN(c2cc(Br)cnc2CO)CC1. The van der Waals surface area contributed by atoms with Crippen molar-refractivity contribution >= 4 is 27.7 Å². The lowest BCUT2D eigenvalue weighted by atomic mass is 10.2. The van der Waals surface area contributed by atoms with Crippen molar-refractivity contribution in [1.29, 1.82) is 0 Å². The number of halogens is 1. The molecule has 1 saturated heterocycles. The van der Waals surface area contributed by atoms with Gasteiger partial charge in [0.25, 0.3) is 0 Å². The minimum atomic E-state index is -0.480. The third-order valence-electron chi connectivity index (χ3n) is 3.34. The van der Waals surface area contributed by atoms with Gasteiger partial charge in [-0.25, -0.2) is 4.79 Å². The first-order valence-corrected chi connectivity index (χ1v) is 8.07. The molecule has 22 heavy (non-hydrogen) atoms. The number of aliphatic hydroxyl groups excluding tert-OH is 1. The number of hydrogen-bond donors (Lipinski definition) is 1. The van der Waals surface area contributed by atoms with E-state index in [1.807, 2.05) is 26.8 Å². The third kappa shape index (κ3) is 4.33. The fourth-order valence-corrected chi connectivity index (χ4v) is 2.63. The van der Waals surface area contributed by atoms with Crippen molar-refractivity contribution in [3.05, 3.63) is 22.4 Å². The second kappa shape index (κ2) is 6.83. The summed E-state index contributed by atoms with van der Waals surface area (Å²) < 4.78 is 6.26. The van der Waals surface area contributed by atoms with Crippen LogP contribution >= 0.6 is 15.9 Å². The Morgan fingerprint density at radius 2 is 2.00 bits per heavy atom. The van der Waals surface area contributed by atoms with E-state index in [1.165, 1.54) is 0 Å². The zero-order valence-electron chi connectivity index (χ0n) is 13.2. The van der Waals surface area contributed by atoms with Gasteiger partial charge in [0.1, 0.15) is 5.60 Å². The highest BCUT2D eigenvalue weighted by Gasteiger charge is 2.26. The second-order valence-corrected chi connectivity index (χ2v) is 7.15. The highest BCUT2D eigenvalue weighted by Crippen LogP contribution is 2.24. The second-order valence-electron chi connectivity index (χ2n) is 6.23. The molecule has 1 aromatic rings. The summed E-state index contributed by atoms with van der Waals surface area (Å²) in [7, 11) is 0. The molecule has 1 aliphatic heterocycles. The highest BCUT2D eigenvalue weighted by atomic mass is 79.9. The van der Waals surface area contributed by atoms with E-state index >= 15 is 0 Å². The van der Waals surface area contributed by atoms with Gasteiger partial charge in [-0.1, -0.05) is 0 Å². The molecule has 0 unspecified atom stereocenters. The van der Waals surface area contributed by atoms with E-state index in [2.05, 4.69) is 25.8 Å². The number of aliphatic hydroxyl groups is 1. The van der Waals surface area contributed by atoms with Gasteiger partial charge in [-0.3, -0.25) is 4.98 Å². The predicted octanol–water partition coefficient (Wildman–Crippen LogP) is 2.39. The summed E-state index contributed by atoms with van der Waals surface area (Å²) in [5.41, 5.74) is 1.07. The molecule has 122 valence electrons. The normalized spacial score (nSPS) is 15.9. The van der Waals surface area contributed by atoms with Crippen LogP contribution in [0.15, 0.2) is 16.7 Å². The van der Waals surface area contributed by atoms with Crippen LogP contribution in [0.2, 0.25) is 0 Å². The molecule has 0 spiro atoms. The largest absolute Gasteiger partial charge is 0.444 e. The average molecular weight is 372 g/mol. The minimum Gasteiger partial charge on any atom is -0.444 e. The lowest BCUT2D eigenvalue weighted by molar-refractivity contribution is 0.0240. The fourth-order valence-electron chi connectivity index (χ4n) is 2.31. The predicted molar refractivity (Wildman–Crippen MR) is 87.9 cm³/mol. The molecule has 1 fully saturated rings. The fraction of sp³-hybridized carbons (Fsp3) is 0.600. The van der Waals surface area contributed by atoms with Crippen molar-refractivity contribution in [2.24, 2.45) is 0 Å². The molecule has 0 aliphatic carbocycles. The number of rotatable bonds is 2. The summed E-state index contributed by atoms with van der Waals surface area (Å²) in [5, 5.41) is 9.42. The molecule has 0 atom stereocenters. The van der Waals surface area contributed by atoms with Crippen molar-refractivity contribution in [3.8, 4) is 0 Å². The number of pyridine rings is 1. The van der Waals surface area contributed by atoms with E-state index in [1.54, 1.807) is 11.1 Å². The molecule has 2 heterocycles. The van der Waals surface area contributed by atoms with Crippen molar-refractivity contribution in [2.75, 3.05) is 31.1 Å². The first-order chi connectivity index (χ1) is 10.3. The van der Waals surface area contributed by atoms with Crippen LogP contribution in [0, 0.1) is 0 Å². The van der Waals surface area contributed by atoms with Crippen LogP contribution in [0.1, 0.15) is 26.5 Å². The Kier molecular flexibility index (Phi) is 5.28. The summed E-state index contributed by atoms with van der Waals surface area (Å²) >= 11 is 3.40. The maximum absolute atomic E-state index is 12.1. The molecule has 1 aromatic heterocycles. The Balaban J connectivity index is 2.00. The number of piperazine rings is 1. The monoisotopic (exact) mass is 371 g/mol. The summed E-state index contributed by atoms with van der Waals surface area (Å²) in [6.07, 6.45) is 1.40. The average Bonchev–Trinajstić information content (AvgIpc) is 2.45. The molecule has 0 radical (unpaired) electrons. The van der Waals surface area contributed by atoms with Crippen LogP contribution in [0.25, 0.3) is 0 Å². The quantitative estimate of drug-likeness (QED) is 0.864. The van der Waals surface area contributed by atoms with Gasteiger partial charge in [0, 0.05) is 36.8 Å².